The van der Waals surface area contributed by atoms with Crippen LogP contribution in [-0.2, 0) is 20.7 Å². The van der Waals surface area contributed by atoms with Gasteiger partial charge in [0.15, 0.2) is 0 Å². The van der Waals surface area contributed by atoms with Gasteiger partial charge in [0.2, 0.25) is 5.91 Å². The summed E-state index contributed by atoms with van der Waals surface area (Å²) in [5.74, 6) is 0.573. The third-order valence-electron chi connectivity index (χ3n) is 3.44. The van der Waals surface area contributed by atoms with E-state index in [-0.39, 0.29) is 11.9 Å². The molecule has 126 valence electrons. The topological polar surface area (TPSA) is 55.4 Å². The molecule has 0 aromatic heterocycles. The van der Waals surface area contributed by atoms with Crippen molar-refractivity contribution < 1.29 is 14.3 Å². The van der Waals surface area contributed by atoms with Crippen LogP contribution in [0.5, 0.6) is 0 Å². The first-order chi connectivity index (χ1) is 11.7. The molecule has 5 heteroatoms. The monoisotopic (exact) mass is 343 g/mol. The van der Waals surface area contributed by atoms with Crippen LogP contribution in [0, 0.1) is 0 Å². The Morgan fingerprint density at radius 3 is 2.50 bits per heavy atom. The van der Waals surface area contributed by atoms with E-state index in [1.54, 1.807) is 0 Å². The quantitative estimate of drug-likeness (QED) is 0.589. The Hall–Kier alpha value is -2.27. The van der Waals surface area contributed by atoms with Crippen molar-refractivity contribution in [2.45, 2.75) is 12.8 Å². The number of esters is 1. The van der Waals surface area contributed by atoms with Gasteiger partial charge in [-0.2, -0.15) is 11.8 Å². The van der Waals surface area contributed by atoms with Crippen LogP contribution in [0.2, 0.25) is 0 Å². The normalized spacial score (nSPS) is 10.2. The van der Waals surface area contributed by atoms with Crippen molar-refractivity contribution in [3.05, 3.63) is 65.7 Å². The number of rotatable bonds is 8. The van der Waals surface area contributed by atoms with E-state index in [0.29, 0.717) is 17.9 Å². The number of benzene rings is 2. The molecule has 4 nitrogen and oxygen atoms in total. The molecule has 0 aliphatic carbocycles. The maximum absolute atomic E-state index is 12.1. The molecule has 0 saturated heterocycles. The Kier molecular flexibility index (Phi) is 7.36. The predicted octanol–water partition coefficient (Wildman–Crippen LogP) is 3.51. The van der Waals surface area contributed by atoms with E-state index in [4.69, 9.17) is 0 Å². The molecule has 0 atom stereocenters. The second-order valence-corrected chi connectivity index (χ2v) is 6.35. The number of ether oxygens (including phenoxy) is 1. The van der Waals surface area contributed by atoms with Gasteiger partial charge < -0.3 is 10.1 Å². The summed E-state index contributed by atoms with van der Waals surface area (Å²) < 4.78 is 4.57. The minimum atomic E-state index is -0.254. The number of thioether (sulfide) groups is 1. The first kappa shape index (κ1) is 18.1. The second kappa shape index (κ2) is 9.78. The van der Waals surface area contributed by atoms with Gasteiger partial charge >= 0.3 is 5.97 Å². The van der Waals surface area contributed by atoms with Crippen LogP contribution in [0.3, 0.4) is 0 Å². The van der Waals surface area contributed by atoms with Gasteiger partial charge in [0.25, 0.3) is 0 Å². The van der Waals surface area contributed by atoms with Gasteiger partial charge in [-0.15, -0.1) is 0 Å². The molecule has 0 unspecified atom stereocenters. The number of nitrogens with one attached hydrogen (secondary N) is 1. The molecular weight excluding hydrogens is 322 g/mol. The highest BCUT2D eigenvalue weighted by molar-refractivity contribution is 7.99. The molecule has 0 bridgehead atoms. The van der Waals surface area contributed by atoms with Crippen LogP contribution in [0.15, 0.2) is 54.6 Å². The van der Waals surface area contributed by atoms with Gasteiger partial charge in [-0.25, -0.2) is 0 Å². The number of hydrogen-bond donors (Lipinski definition) is 1. The van der Waals surface area contributed by atoms with E-state index in [1.165, 1.54) is 24.4 Å². The predicted molar refractivity (Wildman–Crippen MR) is 98.3 cm³/mol. The molecule has 1 amide bonds. The minimum absolute atomic E-state index is 0.0645. The third kappa shape index (κ3) is 6.08. The zero-order valence-corrected chi connectivity index (χ0v) is 14.5. The number of hydrogen-bond acceptors (Lipinski definition) is 4. The number of anilines is 1. The molecule has 1 N–H and O–H groups in total. The van der Waals surface area contributed by atoms with Crippen molar-refractivity contribution in [3.63, 3.8) is 0 Å². The standard InChI is InChI=1S/C19H21NO3S/c1-23-19(22)11-12-24-14-18(21)20-17-10-6-5-9-16(17)13-15-7-3-2-4-8-15/h2-10H,11-14H2,1H3,(H,20,21). The van der Waals surface area contributed by atoms with Crippen LogP contribution >= 0.6 is 11.8 Å². The lowest BCUT2D eigenvalue weighted by Gasteiger charge is -2.11. The SMILES string of the molecule is COC(=O)CCSCC(=O)Nc1ccccc1Cc1ccccc1. The molecule has 0 radical (unpaired) electrons. The summed E-state index contributed by atoms with van der Waals surface area (Å²) in [6.45, 7) is 0. The Morgan fingerprint density at radius 2 is 1.75 bits per heavy atom. The molecule has 0 heterocycles. The van der Waals surface area contributed by atoms with E-state index in [9.17, 15) is 9.59 Å². The molecule has 2 aromatic rings. The Balaban J connectivity index is 1.88. The summed E-state index contributed by atoms with van der Waals surface area (Å²) in [6, 6.07) is 18.0. The molecule has 0 fully saturated rings. The number of carbonyl (C=O) groups is 2. The molecule has 0 aliphatic heterocycles. The van der Waals surface area contributed by atoms with E-state index < -0.39 is 0 Å². The van der Waals surface area contributed by atoms with Crippen LogP contribution < -0.4 is 5.32 Å². The lowest BCUT2D eigenvalue weighted by molar-refractivity contribution is -0.140. The summed E-state index contributed by atoms with van der Waals surface area (Å²) in [5.41, 5.74) is 3.11. The number of amides is 1. The molecule has 0 spiro atoms. The highest BCUT2D eigenvalue weighted by atomic mass is 32.2. The van der Waals surface area contributed by atoms with Crippen LogP contribution in [0.4, 0.5) is 5.69 Å². The van der Waals surface area contributed by atoms with Crippen LogP contribution in [0.1, 0.15) is 17.5 Å². The number of carbonyl (C=O) groups excluding carboxylic acids is 2. The lowest BCUT2D eigenvalue weighted by atomic mass is 10.0. The summed E-state index contributed by atoms with van der Waals surface area (Å²) in [4.78, 5) is 23.1. The second-order valence-electron chi connectivity index (χ2n) is 5.25. The number of methoxy groups -OCH3 is 1. The summed E-state index contributed by atoms with van der Waals surface area (Å²) in [6.07, 6.45) is 1.09. The molecule has 0 aliphatic rings. The third-order valence-corrected chi connectivity index (χ3v) is 4.40. The van der Waals surface area contributed by atoms with Crippen molar-refractivity contribution in [1.82, 2.24) is 0 Å². The highest BCUT2D eigenvalue weighted by Gasteiger charge is 2.08. The first-order valence-electron chi connectivity index (χ1n) is 7.75. The molecule has 0 saturated carbocycles. The van der Waals surface area contributed by atoms with Gasteiger partial charge in [-0.1, -0.05) is 48.5 Å². The van der Waals surface area contributed by atoms with Gasteiger partial charge in [0.05, 0.1) is 19.3 Å². The maximum atomic E-state index is 12.1. The fraction of sp³-hybridized carbons (Fsp3) is 0.263. The van der Waals surface area contributed by atoms with Crippen molar-refractivity contribution in [2.24, 2.45) is 0 Å². The minimum Gasteiger partial charge on any atom is -0.469 e. The van der Waals surface area contributed by atoms with Crippen molar-refractivity contribution >= 4 is 29.3 Å². The summed E-state index contributed by atoms with van der Waals surface area (Å²) in [7, 11) is 1.36. The van der Waals surface area contributed by atoms with E-state index >= 15 is 0 Å². The zero-order valence-electron chi connectivity index (χ0n) is 13.7. The van der Waals surface area contributed by atoms with Crippen LogP contribution in [0.25, 0.3) is 0 Å². The zero-order chi connectivity index (χ0) is 17.2. The molecule has 2 aromatic carbocycles. The fourth-order valence-corrected chi connectivity index (χ4v) is 2.93. The largest absolute Gasteiger partial charge is 0.469 e. The van der Waals surface area contributed by atoms with Gasteiger partial charge in [0, 0.05) is 11.4 Å². The maximum Gasteiger partial charge on any atom is 0.306 e. The average molecular weight is 343 g/mol. The Labute approximate surface area is 146 Å². The summed E-state index contributed by atoms with van der Waals surface area (Å²) in [5, 5.41) is 2.96. The Morgan fingerprint density at radius 1 is 1.04 bits per heavy atom. The van der Waals surface area contributed by atoms with Crippen molar-refractivity contribution in [3.8, 4) is 0 Å². The molecular formula is C19H21NO3S. The fourth-order valence-electron chi connectivity index (χ4n) is 2.22. The van der Waals surface area contributed by atoms with Gasteiger partial charge in [-0.3, -0.25) is 9.59 Å². The average Bonchev–Trinajstić information content (AvgIpc) is 2.61. The van der Waals surface area contributed by atoms with E-state index in [0.717, 1.165) is 17.7 Å². The van der Waals surface area contributed by atoms with Crippen molar-refractivity contribution in [2.75, 3.05) is 23.9 Å². The van der Waals surface area contributed by atoms with Crippen molar-refractivity contribution in [1.29, 1.82) is 0 Å². The van der Waals surface area contributed by atoms with Gasteiger partial charge in [0.1, 0.15) is 0 Å². The number of para-hydroxylation sites is 1. The Bertz CT molecular complexity index is 673. The van der Waals surface area contributed by atoms with Crippen LogP contribution in [-0.4, -0.2) is 30.5 Å². The first-order valence-corrected chi connectivity index (χ1v) is 8.90. The smallest absolute Gasteiger partial charge is 0.306 e. The highest BCUT2D eigenvalue weighted by Crippen LogP contribution is 2.19. The van der Waals surface area contributed by atoms with E-state index in [1.807, 2.05) is 42.5 Å². The molecule has 24 heavy (non-hydrogen) atoms. The molecule has 2 rings (SSSR count). The lowest BCUT2D eigenvalue weighted by Crippen LogP contribution is -2.16. The summed E-state index contributed by atoms with van der Waals surface area (Å²) >= 11 is 1.42. The van der Waals surface area contributed by atoms with E-state index in [2.05, 4.69) is 22.2 Å². The van der Waals surface area contributed by atoms with Gasteiger partial charge in [-0.05, 0) is 23.6 Å².